The summed E-state index contributed by atoms with van der Waals surface area (Å²) < 4.78 is 28.3. The summed E-state index contributed by atoms with van der Waals surface area (Å²) in [5.41, 5.74) is -0.783. The molecule has 1 aromatic heterocycles. The lowest BCUT2D eigenvalue weighted by atomic mass is 10.3. The molecule has 0 aliphatic rings. The van der Waals surface area contributed by atoms with Crippen LogP contribution in [0.5, 0.6) is 0 Å². The van der Waals surface area contributed by atoms with E-state index in [1.165, 1.54) is 19.1 Å². The molecule has 2 rings (SSSR count). The van der Waals surface area contributed by atoms with Crippen molar-refractivity contribution in [3.63, 3.8) is 0 Å². The van der Waals surface area contributed by atoms with E-state index in [2.05, 4.69) is 4.52 Å². The zero-order valence-electron chi connectivity index (χ0n) is 9.44. The number of hydrogen-bond donors (Lipinski definition) is 0. The molecule has 0 saturated heterocycles. The van der Waals surface area contributed by atoms with Gasteiger partial charge in [0.05, 0.1) is 11.4 Å². The van der Waals surface area contributed by atoms with E-state index < -0.39 is 21.5 Å². The quantitative estimate of drug-likeness (QED) is 0.769. The normalized spacial score (nSPS) is 11.6. The molecule has 7 nitrogen and oxygen atoms in total. The third-order valence-electron chi connectivity index (χ3n) is 2.32. The highest BCUT2D eigenvalue weighted by Crippen LogP contribution is 2.01. The summed E-state index contributed by atoms with van der Waals surface area (Å²) in [5, 5.41) is 0. The molecule has 18 heavy (non-hydrogen) atoms. The fraction of sp³-hybridized carbons (Fsp3) is 0.200. The zero-order chi connectivity index (χ0) is 13.3. The number of hydrogen-bond acceptors (Lipinski definition) is 5. The van der Waals surface area contributed by atoms with Crippen LogP contribution < -0.4 is 11.4 Å². The van der Waals surface area contributed by atoms with Gasteiger partial charge in [-0.1, -0.05) is 18.2 Å². The first-order chi connectivity index (χ1) is 8.47. The fourth-order valence-electron chi connectivity index (χ4n) is 1.40. The van der Waals surface area contributed by atoms with Gasteiger partial charge in [-0.15, -0.1) is 0 Å². The Morgan fingerprint density at radius 3 is 2.33 bits per heavy atom. The third-order valence-corrected chi connectivity index (χ3v) is 3.79. The number of para-hydroxylation sites is 1. The van der Waals surface area contributed by atoms with E-state index in [1.54, 1.807) is 18.2 Å². The minimum atomic E-state index is -3.92. The van der Waals surface area contributed by atoms with Crippen molar-refractivity contribution in [3.05, 3.63) is 51.4 Å². The average molecular weight is 270 g/mol. The molecule has 1 aromatic carbocycles. The summed E-state index contributed by atoms with van der Waals surface area (Å²) in [6.45, 7) is 1.35. The molecule has 0 spiro atoms. The van der Waals surface area contributed by atoms with E-state index in [0.717, 1.165) is 0 Å². The van der Waals surface area contributed by atoms with E-state index in [0.29, 0.717) is 4.57 Å². The first kappa shape index (κ1) is 12.4. The molecule has 0 N–H and O–H groups in total. The molecule has 0 unspecified atom stereocenters. The molecule has 0 aliphatic heterocycles. The zero-order valence-corrected chi connectivity index (χ0v) is 10.3. The molecule has 2 aromatic rings. The molecule has 0 atom stereocenters. The lowest BCUT2D eigenvalue weighted by Crippen LogP contribution is -2.31. The van der Waals surface area contributed by atoms with Gasteiger partial charge in [0.2, 0.25) is 0 Å². The maximum atomic E-state index is 11.8. The average Bonchev–Trinajstić information content (AvgIpc) is 2.67. The second kappa shape index (κ2) is 4.30. The predicted octanol–water partition coefficient (Wildman–Crippen LogP) is -0.210. The van der Waals surface area contributed by atoms with Crippen LogP contribution in [0.3, 0.4) is 0 Å². The largest absolute Gasteiger partial charge is 0.448 e. The van der Waals surface area contributed by atoms with Crippen molar-refractivity contribution in [3.8, 4) is 5.69 Å². The number of aromatic nitrogens is 2. The van der Waals surface area contributed by atoms with Gasteiger partial charge in [-0.25, -0.2) is 18.0 Å². The summed E-state index contributed by atoms with van der Waals surface area (Å²) in [7, 11) is -3.92. The monoisotopic (exact) mass is 270 g/mol. The molecular formula is C10H10N2O5S. The molecule has 8 heteroatoms. The Balaban J connectivity index is 2.75. The molecule has 0 bridgehead atoms. The summed E-state index contributed by atoms with van der Waals surface area (Å²) >= 11 is 0. The molecule has 96 valence electrons. The number of nitrogens with zero attached hydrogens (tertiary/aromatic N) is 2. The minimum absolute atomic E-state index is 0.113. The third kappa shape index (κ3) is 1.90. The molecule has 1 heterocycles. The van der Waals surface area contributed by atoms with E-state index in [-0.39, 0.29) is 15.6 Å². The van der Waals surface area contributed by atoms with Crippen molar-refractivity contribution in [1.29, 1.82) is 0 Å². The van der Waals surface area contributed by atoms with Gasteiger partial charge in [-0.3, -0.25) is 0 Å². The highest BCUT2D eigenvalue weighted by atomic mass is 32.2. The van der Waals surface area contributed by atoms with Crippen LogP contribution in [0.1, 0.15) is 6.92 Å². The SMILES string of the molecule is CCS(=O)(=O)n1oc(=O)n(-c2ccccc2)c1=O. The summed E-state index contributed by atoms with van der Waals surface area (Å²) in [6.07, 6.45) is 0. The molecular weight excluding hydrogens is 260 g/mol. The molecule has 0 radical (unpaired) electrons. The van der Waals surface area contributed by atoms with Crippen LogP contribution in [-0.4, -0.2) is 22.9 Å². The summed E-state index contributed by atoms with van der Waals surface area (Å²) in [4.78, 5) is 23.4. The maximum absolute atomic E-state index is 11.8. The Morgan fingerprint density at radius 1 is 1.17 bits per heavy atom. The van der Waals surface area contributed by atoms with Gasteiger partial charge in [0.15, 0.2) is 0 Å². The van der Waals surface area contributed by atoms with Gasteiger partial charge in [0, 0.05) is 0 Å². The Bertz CT molecular complexity index is 767. The highest BCUT2D eigenvalue weighted by molar-refractivity contribution is 7.89. The van der Waals surface area contributed by atoms with Crippen molar-refractivity contribution >= 4 is 10.0 Å². The van der Waals surface area contributed by atoms with Crippen LogP contribution >= 0.6 is 0 Å². The van der Waals surface area contributed by atoms with Crippen molar-refractivity contribution in [2.24, 2.45) is 0 Å². The van der Waals surface area contributed by atoms with E-state index in [9.17, 15) is 18.0 Å². The van der Waals surface area contributed by atoms with Gasteiger partial charge in [0.25, 0.3) is 10.0 Å². The van der Waals surface area contributed by atoms with Crippen LogP contribution in [0.2, 0.25) is 0 Å². The fourth-order valence-corrected chi connectivity index (χ4v) is 2.13. The van der Waals surface area contributed by atoms with E-state index in [1.807, 2.05) is 0 Å². The van der Waals surface area contributed by atoms with Gasteiger partial charge in [-0.05, 0) is 23.2 Å². The first-order valence-corrected chi connectivity index (χ1v) is 6.72. The van der Waals surface area contributed by atoms with Crippen LogP contribution in [0, 0.1) is 0 Å². The molecule has 0 aliphatic carbocycles. The second-order valence-corrected chi connectivity index (χ2v) is 5.51. The summed E-state index contributed by atoms with van der Waals surface area (Å²) in [5.74, 6) is -1.38. The Morgan fingerprint density at radius 2 is 1.78 bits per heavy atom. The Kier molecular flexibility index (Phi) is 2.95. The van der Waals surface area contributed by atoms with Crippen molar-refractivity contribution in [2.45, 2.75) is 6.92 Å². The lowest BCUT2D eigenvalue weighted by Gasteiger charge is -1.97. The number of rotatable bonds is 3. The lowest BCUT2D eigenvalue weighted by molar-refractivity contribution is 0.333. The summed E-state index contributed by atoms with van der Waals surface area (Å²) in [6, 6.07) is 7.94. The van der Waals surface area contributed by atoms with E-state index in [4.69, 9.17) is 0 Å². The molecule has 0 amide bonds. The first-order valence-electron chi connectivity index (χ1n) is 5.11. The number of benzene rings is 1. The van der Waals surface area contributed by atoms with Crippen LogP contribution in [-0.2, 0) is 10.0 Å². The van der Waals surface area contributed by atoms with Crippen LogP contribution in [0.25, 0.3) is 5.69 Å². The van der Waals surface area contributed by atoms with Gasteiger partial charge in [0.1, 0.15) is 0 Å². The maximum Gasteiger partial charge on any atom is 0.448 e. The van der Waals surface area contributed by atoms with E-state index >= 15 is 0 Å². The topological polar surface area (TPSA) is 91.3 Å². The van der Waals surface area contributed by atoms with Crippen LogP contribution in [0.15, 0.2) is 44.4 Å². The predicted molar refractivity (Wildman–Crippen MR) is 63.4 cm³/mol. The van der Waals surface area contributed by atoms with Crippen molar-refractivity contribution < 1.29 is 12.9 Å². The van der Waals surface area contributed by atoms with Gasteiger partial charge in [-0.2, -0.15) is 4.57 Å². The smallest absolute Gasteiger partial charge is 0.301 e. The van der Waals surface area contributed by atoms with Crippen molar-refractivity contribution in [2.75, 3.05) is 5.75 Å². The van der Waals surface area contributed by atoms with Gasteiger partial charge >= 0.3 is 11.4 Å². The molecule has 0 fully saturated rings. The highest BCUT2D eigenvalue weighted by Gasteiger charge is 2.22. The minimum Gasteiger partial charge on any atom is -0.301 e. The standard InChI is InChI=1S/C10H10N2O5S/c1-2-18(15,16)12-9(13)11(10(14)17-12)8-6-4-3-5-7-8/h3-7H,2H2,1H3. The molecule has 0 saturated carbocycles. The second-order valence-electron chi connectivity index (χ2n) is 3.44. The van der Waals surface area contributed by atoms with Crippen molar-refractivity contribution in [1.82, 2.24) is 8.71 Å². The Labute approximate surface area is 102 Å². The van der Waals surface area contributed by atoms with Crippen LogP contribution in [0.4, 0.5) is 0 Å². The van der Waals surface area contributed by atoms with Gasteiger partial charge < -0.3 is 4.52 Å². The Hall–Kier alpha value is -2.09.